The van der Waals surface area contributed by atoms with Crippen molar-refractivity contribution in [3.63, 3.8) is 0 Å². The van der Waals surface area contributed by atoms with Gasteiger partial charge in [-0.25, -0.2) is 5.21 Å². The molecule has 0 spiro atoms. The Labute approximate surface area is 155 Å². The van der Waals surface area contributed by atoms with Crippen LogP contribution in [0.2, 0.25) is 20.1 Å². The molecule has 0 aromatic heterocycles. The normalized spacial score (nSPS) is 14.5. The Morgan fingerprint density at radius 2 is 1.38 bits per heavy atom. The summed E-state index contributed by atoms with van der Waals surface area (Å²) in [5.41, 5.74) is -0.610. The number of halogens is 4. The van der Waals surface area contributed by atoms with E-state index in [4.69, 9.17) is 46.4 Å². The molecule has 0 bridgehead atoms. The first kappa shape index (κ1) is 17.6. The maximum absolute atomic E-state index is 12.9. The van der Waals surface area contributed by atoms with Crippen LogP contribution in [-0.2, 0) is 0 Å². The van der Waals surface area contributed by atoms with Gasteiger partial charge in [0.25, 0.3) is 0 Å². The number of ketones is 2. The van der Waals surface area contributed by atoms with Crippen LogP contribution in [0.1, 0.15) is 37.4 Å². The second kappa shape index (κ2) is 5.97. The molecular weight excluding hydrogens is 400 g/mol. The molecule has 1 aliphatic rings. The summed E-state index contributed by atoms with van der Waals surface area (Å²) in [5.74, 6) is -1.36. The van der Waals surface area contributed by atoms with Crippen LogP contribution < -0.4 is 5.23 Å². The lowest BCUT2D eigenvalue weighted by molar-refractivity contribution is -0.991. The molecule has 1 unspecified atom stereocenters. The van der Waals surface area contributed by atoms with Gasteiger partial charge in [-0.3, -0.25) is 9.59 Å². The fraction of sp³-hybridized carbons (Fsp3) is 0.0667. The molecule has 0 saturated heterocycles. The van der Waals surface area contributed by atoms with E-state index in [2.05, 4.69) is 0 Å². The van der Waals surface area contributed by atoms with Crippen molar-refractivity contribution in [2.24, 2.45) is 0 Å². The minimum atomic E-state index is -1.32. The number of rotatable bonds is 1. The van der Waals surface area contributed by atoms with Gasteiger partial charge in [-0.15, -0.1) is 0 Å². The van der Waals surface area contributed by atoms with Gasteiger partial charge >= 0.3 is 0 Å². The van der Waals surface area contributed by atoms with Gasteiger partial charge in [-0.05, 0) is 13.0 Å². The first-order valence-corrected chi connectivity index (χ1v) is 8.01. The molecule has 2 aromatic carbocycles. The smallest absolute Gasteiger partial charge is 0.202 e. The fourth-order valence-electron chi connectivity index (χ4n) is 2.73. The Kier molecular flexibility index (Phi) is 4.38. The van der Waals surface area contributed by atoms with E-state index < -0.39 is 16.8 Å². The zero-order chi connectivity index (χ0) is 17.9. The summed E-state index contributed by atoms with van der Waals surface area (Å²) in [6, 6.07) is 2.83. The van der Waals surface area contributed by atoms with Gasteiger partial charge in [0.15, 0.2) is 11.5 Å². The second-order valence-corrected chi connectivity index (χ2v) is 6.66. The maximum Gasteiger partial charge on any atom is 0.202 e. The third kappa shape index (κ3) is 2.29. The summed E-state index contributed by atoms with van der Waals surface area (Å²) >= 11 is 24.1. The van der Waals surface area contributed by atoms with Gasteiger partial charge in [0.05, 0.1) is 36.8 Å². The molecule has 1 aliphatic carbocycles. The van der Waals surface area contributed by atoms with Crippen LogP contribution in [0, 0.1) is 12.1 Å². The van der Waals surface area contributed by atoms with E-state index in [-0.39, 0.29) is 48.0 Å². The van der Waals surface area contributed by atoms with Crippen molar-refractivity contribution in [3.05, 3.63) is 65.2 Å². The highest BCUT2D eigenvalue weighted by Gasteiger charge is 2.39. The average Bonchev–Trinajstić information content (AvgIpc) is 2.53. The fourth-order valence-corrected chi connectivity index (χ4v) is 3.75. The van der Waals surface area contributed by atoms with Gasteiger partial charge in [0.2, 0.25) is 5.78 Å². The number of nitrogens with one attached hydrogen (secondary N) is 1. The minimum absolute atomic E-state index is 0.0631. The predicted octanol–water partition coefficient (Wildman–Crippen LogP) is 3.79. The van der Waals surface area contributed by atoms with E-state index in [0.29, 0.717) is 5.56 Å². The molecule has 5 nitrogen and oxygen atoms in total. The van der Waals surface area contributed by atoms with Gasteiger partial charge in [0, 0.05) is 11.1 Å². The Morgan fingerprint density at radius 1 is 0.875 bits per heavy atom. The van der Waals surface area contributed by atoms with Gasteiger partial charge in [-0.2, -0.15) is 5.23 Å². The van der Waals surface area contributed by atoms with Gasteiger partial charge in [0.1, 0.15) is 0 Å². The molecule has 0 aliphatic heterocycles. The third-order valence-electron chi connectivity index (χ3n) is 3.82. The number of aryl methyl sites for hydroxylation is 1. The van der Waals surface area contributed by atoms with Crippen LogP contribution in [0.15, 0.2) is 12.1 Å². The first-order chi connectivity index (χ1) is 11.2. The summed E-state index contributed by atoms with van der Waals surface area (Å²) in [6.45, 7) is 1.53. The maximum atomic E-state index is 12.9. The van der Waals surface area contributed by atoms with Crippen molar-refractivity contribution in [3.8, 4) is 0 Å². The lowest BCUT2D eigenvalue weighted by Gasteiger charge is -2.25. The number of carbonyl (C=O) groups excluding carboxylic acids is 2. The van der Waals surface area contributed by atoms with Crippen molar-refractivity contribution >= 4 is 63.7 Å². The van der Waals surface area contributed by atoms with E-state index in [1.54, 1.807) is 0 Å². The molecule has 0 saturated carbocycles. The standard InChI is InChI=1S/C15H7Cl4NO4/c1-4-2-3-5-6(13(4)20(23)24)15(22)8-7(14(5)21)9(16)11(18)12(19)10(8)17/h2-3,20,23H,1H3. The SMILES string of the molecule is Cc1ccc2c(c1[NH+]([O-])O)C(=O)c1c(Cl)c(Cl)c(Cl)c(Cl)c1C2=O. The molecule has 9 heteroatoms. The molecular formula is C15H7Cl4NO4. The first-order valence-electron chi connectivity index (χ1n) is 6.50. The van der Waals surface area contributed by atoms with Gasteiger partial charge < -0.3 is 5.21 Å². The Morgan fingerprint density at radius 3 is 1.88 bits per heavy atom. The summed E-state index contributed by atoms with van der Waals surface area (Å²) in [6.07, 6.45) is 0. The monoisotopic (exact) mass is 405 g/mol. The highest BCUT2D eigenvalue weighted by molar-refractivity contribution is 6.55. The number of hydrogen-bond acceptors (Lipinski definition) is 4. The van der Waals surface area contributed by atoms with Crippen molar-refractivity contribution < 1.29 is 20.0 Å². The molecule has 0 amide bonds. The highest BCUT2D eigenvalue weighted by atomic mass is 35.5. The summed E-state index contributed by atoms with van der Waals surface area (Å²) in [7, 11) is 0. The molecule has 1 atom stereocenters. The molecule has 0 heterocycles. The zero-order valence-corrected chi connectivity index (χ0v) is 14.9. The molecule has 3 rings (SSSR count). The molecule has 2 N–H and O–H groups in total. The quantitative estimate of drug-likeness (QED) is 0.366. The van der Waals surface area contributed by atoms with Crippen molar-refractivity contribution in [1.82, 2.24) is 0 Å². The van der Waals surface area contributed by atoms with Crippen LogP contribution in [0.4, 0.5) is 5.69 Å². The van der Waals surface area contributed by atoms with E-state index >= 15 is 0 Å². The molecule has 2 aromatic rings. The van der Waals surface area contributed by atoms with Crippen LogP contribution in [-0.4, -0.2) is 16.8 Å². The minimum Gasteiger partial charge on any atom is -0.595 e. The van der Waals surface area contributed by atoms with Crippen LogP contribution in [0.25, 0.3) is 0 Å². The third-order valence-corrected chi connectivity index (χ3v) is 5.62. The number of carbonyl (C=O) groups is 2. The zero-order valence-electron chi connectivity index (χ0n) is 11.8. The molecule has 24 heavy (non-hydrogen) atoms. The summed E-state index contributed by atoms with van der Waals surface area (Å²) in [4.78, 5) is 25.7. The van der Waals surface area contributed by atoms with E-state index in [9.17, 15) is 20.0 Å². The number of benzene rings is 2. The van der Waals surface area contributed by atoms with Crippen molar-refractivity contribution in [2.45, 2.75) is 6.92 Å². The average molecular weight is 407 g/mol. The molecule has 0 fully saturated rings. The molecule has 124 valence electrons. The Balaban J connectivity index is 2.46. The second-order valence-electron chi connectivity index (χ2n) is 5.15. The number of fused-ring (bicyclic) bond motifs is 2. The van der Waals surface area contributed by atoms with E-state index in [1.165, 1.54) is 19.1 Å². The topological polar surface area (TPSA) is 81.9 Å². The van der Waals surface area contributed by atoms with E-state index in [0.717, 1.165) is 0 Å². The van der Waals surface area contributed by atoms with Crippen LogP contribution >= 0.6 is 46.4 Å². The lowest BCUT2D eigenvalue weighted by Crippen LogP contribution is -2.99. The highest BCUT2D eigenvalue weighted by Crippen LogP contribution is 2.46. The Hall–Kier alpha value is -1.18. The predicted molar refractivity (Wildman–Crippen MR) is 90.3 cm³/mol. The van der Waals surface area contributed by atoms with Crippen LogP contribution in [0.3, 0.4) is 0 Å². The molecule has 0 radical (unpaired) electrons. The summed E-state index contributed by atoms with van der Waals surface area (Å²) in [5, 5.41) is 18.9. The van der Waals surface area contributed by atoms with Crippen molar-refractivity contribution in [2.75, 3.05) is 0 Å². The van der Waals surface area contributed by atoms with E-state index in [1.807, 2.05) is 0 Å². The van der Waals surface area contributed by atoms with Crippen molar-refractivity contribution in [1.29, 1.82) is 0 Å². The summed E-state index contributed by atoms with van der Waals surface area (Å²) < 4.78 is 0. The largest absolute Gasteiger partial charge is 0.595 e. The van der Waals surface area contributed by atoms with Crippen LogP contribution in [0.5, 0.6) is 0 Å². The lowest BCUT2D eigenvalue weighted by atomic mass is 9.82. The Bertz CT molecular complexity index is 940. The van der Waals surface area contributed by atoms with Gasteiger partial charge in [-0.1, -0.05) is 52.5 Å². The number of hydrogen-bond donors (Lipinski definition) is 2. The number of quaternary nitrogens is 1.